The van der Waals surface area contributed by atoms with E-state index in [0.717, 1.165) is 37.5 Å². The van der Waals surface area contributed by atoms with Crippen molar-refractivity contribution in [3.05, 3.63) is 22.7 Å². The number of rotatable bonds is 6. The molecule has 1 fully saturated rings. The monoisotopic (exact) mass is 525 g/mol. The minimum absolute atomic E-state index is 0. The van der Waals surface area contributed by atoms with Gasteiger partial charge >= 0.3 is 5.97 Å². The molecule has 0 unspecified atom stereocenters. The molecule has 1 aliphatic rings. The van der Waals surface area contributed by atoms with Gasteiger partial charge in [-0.1, -0.05) is 11.6 Å². The summed E-state index contributed by atoms with van der Waals surface area (Å²) in [7, 11) is 4.78. The third-order valence-corrected chi connectivity index (χ3v) is 4.85. The Balaban J connectivity index is 0.00000392. The Morgan fingerprint density at radius 2 is 2.00 bits per heavy atom. The van der Waals surface area contributed by atoms with Crippen molar-refractivity contribution in [2.24, 2.45) is 10.9 Å². The number of hydrogen-bond donors (Lipinski definition) is 1. The van der Waals surface area contributed by atoms with E-state index in [1.54, 1.807) is 14.2 Å². The molecule has 1 aromatic carbocycles. The van der Waals surface area contributed by atoms with Crippen molar-refractivity contribution in [2.75, 3.05) is 41.0 Å². The molecule has 1 aromatic rings. The molecule has 0 saturated carbocycles. The molecule has 2 rings (SSSR count). The van der Waals surface area contributed by atoms with Gasteiger partial charge in [-0.05, 0) is 37.5 Å². The van der Waals surface area contributed by atoms with E-state index in [2.05, 4.69) is 15.2 Å². The van der Waals surface area contributed by atoms with Crippen LogP contribution in [0.2, 0.25) is 5.02 Å². The van der Waals surface area contributed by atoms with E-state index < -0.39 is 0 Å². The molecule has 0 spiro atoms. The predicted molar refractivity (Wildman–Crippen MR) is 121 cm³/mol. The molecule has 9 heteroatoms. The molecule has 28 heavy (non-hydrogen) atoms. The van der Waals surface area contributed by atoms with Crippen molar-refractivity contribution >= 4 is 47.5 Å². The Kier molecular flexibility index (Phi) is 10.7. The Labute approximate surface area is 188 Å². The zero-order chi connectivity index (χ0) is 19.8. The molecule has 1 saturated heterocycles. The van der Waals surface area contributed by atoms with Crippen molar-refractivity contribution in [3.8, 4) is 11.5 Å². The summed E-state index contributed by atoms with van der Waals surface area (Å²) < 4.78 is 15.8. The average Bonchev–Trinajstić information content (AvgIpc) is 2.70. The van der Waals surface area contributed by atoms with Crippen LogP contribution in [0.25, 0.3) is 0 Å². The quantitative estimate of drug-likeness (QED) is 0.266. The second-order valence-corrected chi connectivity index (χ2v) is 6.63. The molecule has 0 aliphatic carbocycles. The summed E-state index contributed by atoms with van der Waals surface area (Å²) in [4.78, 5) is 18.2. The van der Waals surface area contributed by atoms with Crippen LogP contribution in [0.4, 0.5) is 0 Å². The molecule has 7 nitrogen and oxygen atoms in total. The predicted octanol–water partition coefficient (Wildman–Crippen LogP) is 3.33. The first-order valence-electron chi connectivity index (χ1n) is 9.06. The van der Waals surface area contributed by atoms with E-state index in [9.17, 15) is 4.79 Å². The topological polar surface area (TPSA) is 72.4 Å². The van der Waals surface area contributed by atoms with Gasteiger partial charge in [0.05, 0.1) is 31.8 Å². The summed E-state index contributed by atoms with van der Waals surface area (Å²) in [5, 5.41) is 3.86. The summed E-state index contributed by atoms with van der Waals surface area (Å²) in [6.45, 7) is 4.48. The number of aliphatic imine (C=N–C) groups is 1. The summed E-state index contributed by atoms with van der Waals surface area (Å²) in [6.07, 6.45) is 1.52. The second kappa shape index (κ2) is 12.2. The van der Waals surface area contributed by atoms with Gasteiger partial charge in [0.15, 0.2) is 17.5 Å². The maximum Gasteiger partial charge on any atom is 0.308 e. The maximum atomic E-state index is 11.7. The Bertz CT molecular complexity index is 679. The first kappa shape index (κ1) is 24.6. The van der Waals surface area contributed by atoms with Crippen LogP contribution in [0.3, 0.4) is 0 Å². The number of esters is 1. The van der Waals surface area contributed by atoms with E-state index in [1.807, 2.05) is 19.1 Å². The fraction of sp³-hybridized carbons (Fsp3) is 0.579. The number of carbonyl (C=O) groups is 1. The first-order chi connectivity index (χ1) is 13.0. The zero-order valence-corrected chi connectivity index (χ0v) is 19.9. The summed E-state index contributed by atoms with van der Waals surface area (Å²) in [6, 6.07) is 3.76. The average molecular weight is 526 g/mol. The standard InChI is InChI=1S/C19H28ClN3O4.HI/c1-5-27-17-15(20)10-13(11-16(17)25-3)12-22-19(21-2)23-8-6-14(7-9-23)18(24)26-4;/h10-11,14H,5-9,12H2,1-4H3,(H,21,22);1H. The molecule has 1 aliphatic heterocycles. The van der Waals surface area contributed by atoms with Crippen LogP contribution in [-0.2, 0) is 16.1 Å². The van der Waals surface area contributed by atoms with E-state index >= 15 is 0 Å². The first-order valence-corrected chi connectivity index (χ1v) is 9.44. The number of nitrogens with zero attached hydrogens (tertiary/aromatic N) is 2. The molecule has 0 aromatic heterocycles. The van der Waals surface area contributed by atoms with Crippen molar-refractivity contribution < 1.29 is 19.0 Å². The van der Waals surface area contributed by atoms with Crippen molar-refractivity contribution in [1.29, 1.82) is 0 Å². The summed E-state index contributed by atoms with van der Waals surface area (Å²) in [5.74, 6) is 1.80. The molecule has 0 bridgehead atoms. The third kappa shape index (κ3) is 6.30. The second-order valence-electron chi connectivity index (χ2n) is 6.23. The third-order valence-electron chi connectivity index (χ3n) is 4.57. The van der Waals surface area contributed by atoms with Crippen molar-refractivity contribution in [3.63, 3.8) is 0 Å². The highest BCUT2D eigenvalue weighted by molar-refractivity contribution is 14.0. The number of nitrogens with one attached hydrogen (secondary N) is 1. The number of benzene rings is 1. The number of methoxy groups -OCH3 is 2. The molecule has 1 heterocycles. The van der Waals surface area contributed by atoms with Crippen LogP contribution in [0.15, 0.2) is 17.1 Å². The van der Waals surface area contributed by atoms with Gasteiger partial charge in [-0.15, -0.1) is 24.0 Å². The summed E-state index contributed by atoms with van der Waals surface area (Å²) >= 11 is 6.33. The molecular weight excluding hydrogens is 497 g/mol. The number of halogens is 2. The lowest BCUT2D eigenvalue weighted by atomic mass is 9.97. The normalized spacial score (nSPS) is 14.9. The molecule has 1 N–H and O–H groups in total. The zero-order valence-electron chi connectivity index (χ0n) is 16.8. The number of carbonyl (C=O) groups excluding carboxylic acids is 1. The van der Waals surface area contributed by atoms with Crippen LogP contribution >= 0.6 is 35.6 Å². The van der Waals surface area contributed by atoms with Gasteiger partial charge in [-0.2, -0.15) is 0 Å². The molecule has 0 radical (unpaired) electrons. The fourth-order valence-corrected chi connectivity index (χ4v) is 3.45. The minimum atomic E-state index is -0.131. The fourth-order valence-electron chi connectivity index (χ4n) is 3.17. The van der Waals surface area contributed by atoms with E-state index in [-0.39, 0.29) is 35.9 Å². The smallest absolute Gasteiger partial charge is 0.308 e. The van der Waals surface area contributed by atoms with Crippen molar-refractivity contribution in [1.82, 2.24) is 10.2 Å². The number of ether oxygens (including phenoxy) is 3. The Morgan fingerprint density at radius 3 is 2.54 bits per heavy atom. The summed E-state index contributed by atoms with van der Waals surface area (Å²) in [5.41, 5.74) is 0.964. The number of hydrogen-bond acceptors (Lipinski definition) is 5. The largest absolute Gasteiger partial charge is 0.493 e. The lowest BCUT2D eigenvalue weighted by Crippen LogP contribution is -2.46. The van der Waals surface area contributed by atoms with Gasteiger partial charge in [0.2, 0.25) is 0 Å². The van der Waals surface area contributed by atoms with Gasteiger partial charge in [-0.3, -0.25) is 9.79 Å². The maximum absolute atomic E-state index is 11.7. The molecule has 158 valence electrons. The SMILES string of the molecule is CCOc1c(Cl)cc(CNC(=NC)N2CCC(C(=O)OC)CC2)cc1OC.I. The number of guanidine groups is 1. The van der Waals surface area contributed by atoms with Crippen LogP contribution in [-0.4, -0.2) is 57.8 Å². The van der Waals surface area contributed by atoms with E-state index in [0.29, 0.717) is 29.7 Å². The van der Waals surface area contributed by atoms with Crippen LogP contribution in [0.5, 0.6) is 11.5 Å². The van der Waals surface area contributed by atoms with Gasteiger partial charge in [0.25, 0.3) is 0 Å². The van der Waals surface area contributed by atoms with Gasteiger partial charge < -0.3 is 24.4 Å². The number of piperidine rings is 1. The molecule has 0 amide bonds. The lowest BCUT2D eigenvalue weighted by Gasteiger charge is -2.33. The highest BCUT2D eigenvalue weighted by Crippen LogP contribution is 2.36. The highest BCUT2D eigenvalue weighted by Gasteiger charge is 2.27. The van der Waals surface area contributed by atoms with Crippen molar-refractivity contribution in [2.45, 2.75) is 26.3 Å². The Hall–Kier alpha value is -1.42. The van der Waals surface area contributed by atoms with E-state index in [4.69, 9.17) is 25.8 Å². The molecule has 0 atom stereocenters. The van der Waals surface area contributed by atoms with Gasteiger partial charge in [0.1, 0.15) is 0 Å². The van der Waals surface area contributed by atoms with E-state index in [1.165, 1.54) is 7.11 Å². The highest BCUT2D eigenvalue weighted by atomic mass is 127. The number of likely N-dealkylation sites (tertiary alicyclic amines) is 1. The van der Waals surface area contributed by atoms with Gasteiger partial charge in [0, 0.05) is 26.7 Å². The molecular formula is C19H29ClIN3O4. The van der Waals surface area contributed by atoms with Crippen LogP contribution < -0.4 is 14.8 Å². The minimum Gasteiger partial charge on any atom is -0.493 e. The van der Waals surface area contributed by atoms with Crippen LogP contribution in [0.1, 0.15) is 25.3 Å². The van der Waals surface area contributed by atoms with Crippen LogP contribution in [0, 0.1) is 5.92 Å². The lowest BCUT2D eigenvalue weighted by molar-refractivity contribution is -0.146. The Morgan fingerprint density at radius 1 is 1.32 bits per heavy atom. The van der Waals surface area contributed by atoms with Gasteiger partial charge in [-0.25, -0.2) is 0 Å².